The van der Waals surface area contributed by atoms with Gasteiger partial charge in [-0.25, -0.2) is 4.79 Å². The fourth-order valence-electron chi connectivity index (χ4n) is 0.256. The molecule has 0 aromatic carbocycles. The van der Waals surface area contributed by atoms with Gasteiger partial charge in [0.2, 0.25) is 0 Å². The minimum atomic E-state index is -1.29. The monoisotopic (exact) mass is 178 g/mol. The number of ether oxygens (including phenoxy) is 2. The fraction of sp³-hybridized carbons (Fsp3) is 0.400. The molecule has 0 saturated heterocycles. The maximum absolute atomic E-state index is 10.2. The second-order valence-corrected chi connectivity index (χ2v) is 1.44. The number of carbonyl (C=O) groups is 3. The third-order valence-corrected chi connectivity index (χ3v) is 0.454. The van der Waals surface area contributed by atoms with Crippen LogP contribution in [0.1, 0.15) is 13.8 Å². The van der Waals surface area contributed by atoms with Gasteiger partial charge >= 0.3 is 93.5 Å². The zero-order valence-electron chi connectivity index (χ0n) is 5.54. The van der Waals surface area contributed by atoms with E-state index in [1.165, 1.54) is 0 Å². The van der Waals surface area contributed by atoms with Crippen molar-refractivity contribution in [3.63, 3.8) is 0 Å². The van der Waals surface area contributed by atoms with Crippen LogP contribution in [0, 0.1) is 0 Å². The molecule has 0 N–H and O–H groups in total. The summed E-state index contributed by atoms with van der Waals surface area (Å²) in [7, 11) is 0. The molecule has 0 saturated carbocycles. The van der Waals surface area contributed by atoms with Gasteiger partial charge in [0, 0.05) is 13.8 Å². The van der Waals surface area contributed by atoms with E-state index < -0.39 is 18.1 Å². The summed E-state index contributed by atoms with van der Waals surface area (Å²) < 4.78 is 7.68. The summed E-state index contributed by atoms with van der Waals surface area (Å²) in [5.41, 5.74) is 0. The van der Waals surface area contributed by atoms with Gasteiger partial charge < -0.3 is 9.47 Å². The van der Waals surface area contributed by atoms with Crippen molar-refractivity contribution in [2.75, 3.05) is 0 Å². The minimum absolute atomic E-state index is 0. The molecule has 0 spiro atoms. The molecule has 0 rings (SSSR count). The molecular weight excluding hydrogens is 168 g/mol. The van der Waals surface area contributed by atoms with Crippen LogP contribution >= 0.6 is 0 Å². The fourth-order valence-corrected chi connectivity index (χ4v) is 0.256. The summed E-state index contributed by atoms with van der Waals surface area (Å²) in [6.45, 7) is 2.06. The van der Waals surface area contributed by atoms with Crippen LogP contribution in [-0.4, -0.2) is 93.5 Å². The van der Waals surface area contributed by atoms with Gasteiger partial charge in [-0.05, 0) is 0 Å². The first-order chi connectivity index (χ1) is 4.52. The van der Waals surface area contributed by atoms with Crippen LogP contribution in [0.3, 0.4) is 0 Å². The van der Waals surface area contributed by atoms with E-state index in [2.05, 4.69) is 9.47 Å². The molecule has 0 aliphatic rings. The molecule has 0 fully saturated rings. The van der Waals surface area contributed by atoms with E-state index in [0.29, 0.717) is 0 Å². The SMILES string of the molecule is CC(=O)OC(=O)OC(C)=O.[LiH].[LiH].[LiH].[LiH]. The predicted octanol–water partition coefficient (Wildman–Crippen LogP) is -2.36. The first kappa shape index (κ1) is 29.4. The van der Waals surface area contributed by atoms with Crippen molar-refractivity contribution in [2.24, 2.45) is 0 Å². The molecular formula is C5H10Li4O5. The van der Waals surface area contributed by atoms with Gasteiger partial charge in [0.25, 0.3) is 0 Å². The Kier molecular flexibility index (Phi) is 34.5. The molecule has 0 aromatic heterocycles. The number of carbonyl (C=O) groups excluding carboxylic acids is 3. The van der Waals surface area contributed by atoms with Crippen molar-refractivity contribution in [3.8, 4) is 0 Å². The van der Waals surface area contributed by atoms with Crippen molar-refractivity contribution in [2.45, 2.75) is 13.8 Å². The molecule has 0 atom stereocenters. The Hall–Kier alpha value is 1.000. The van der Waals surface area contributed by atoms with Gasteiger partial charge in [0.05, 0.1) is 0 Å². The van der Waals surface area contributed by atoms with Crippen molar-refractivity contribution in [1.82, 2.24) is 0 Å². The topological polar surface area (TPSA) is 69.7 Å². The van der Waals surface area contributed by atoms with Crippen LogP contribution in [0.25, 0.3) is 0 Å². The van der Waals surface area contributed by atoms with Crippen molar-refractivity contribution in [1.29, 1.82) is 0 Å². The average Bonchev–Trinajstić information content (AvgIpc) is 1.58. The van der Waals surface area contributed by atoms with E-state index in [4.69, 9.17) is 0 Å². The van der Waals surface area contributed by atoms with Crippen LogP contribution in [-0.2, 0) is 19.1 Å². The predicted molar refractivity (Wildman–Crippen MR) is 57.5 cm³/mol. The molecule has 14 heavy (non-hydrogen) atoms. The third-order valence-electron chi connectivity index (χ3n) is 0.454. The van der Waals surface area contributed by atoms with E-state index in [1.54, 1.807) is 0 Å². The number of hydrogen-bond acceptors (Lipinski definition) is 5. The van der Waals surface area contributed by atoms with Crippen LogP contribution in [0.5, 0.6) is 0 Å². The zero-order chi connectivity index (χ0) is 8.15. The van der Waals surface area contributed by atoms with E-state index in [0.717, 1.165) is 13.8 Å². The normalized spacial score (nSPS) is 5.86. The second kappa shape index (κ2) is 16.4. The first-order valence-corrected chi connectivity index (χ1v) is 2.43. The molecule has 0 radical (unpaired) electrons. The van der Waals surface area contributed by atoms with Crippen LogP contribution < -0.4 is 0 Å². The summed E-state index contributed by atoms with van der Waals surface area (Å²) in [5, 5.41) is 0. The second-order valence-electron chi connectivity index (χ2n) is 1.44. The Balaban J connectivity index is -0.0000000675. The summed E-state index contributed by atoms with van der Waals surface area (Å²) in [4.78, 5) is 30.2. The van der Waals surface area contributed by atoms with E-state index in [9.17, 15) is 14.4 Å². The molecule has 0 aromatic rings. The van der Waals surface area contributed by atoms with Gasteiger partial charge in [-0.1, -0.05) is 0 Å². The maximum atomic E-state index is 10.2. The zero-order valence-corrected chi connectivity index (χ0v) is 5.54. The third kappa shape index (κ3) is 23.1. The van der Waals surface area contributed by atoms with Crippen molar-refractivity contribution < 1.29 is 23.9 Å². The van der Waals surface area contributed by atoms with Crippen LogP contribution in [0.2, 0.25) is 0 Å². The molecule has 0 unspecified atom stereocenters. The van der Waals surface area contributed by atoms with E-state index >= 15 is 0 Å². The van der Waals surface area contributed by atoms with Crippen molar-refractivity contribution in [3.05, 3.63) is 0 Å². The molecule has 0 amide bonds. The Morgan fingerprint density at radius 2 is 0.929 bits per heavy atom. The Morgan fingerprint density at radius 3 is 1.07 bits per heavy atom. The molecule has 0 heterocycles. The summed E-state index contributed by atoms with van der Waals surface area (Å²) in [6.07, 6.45) is -1.29. The van der Waals surface area contributed by atoms with Gasteiger partial charge in [-0.15, -0.1) is 0 Å². The Bertz CT molecular complexity index is 165. The van der Waals surface area contributed by atoms with Gasteiger partial charge in [-0.2, -0.15) is 0 Å². The Morgan fingerprint density at radius 1 is 0.714 bits per heavy atom. The molecule has 9 heteroatoms. The Labute approximate surface area is 130 Å². The average molecular weight is 178 g/mol. The van der Waals surface area contributed by atoms with Crippen LogP contribution in [0.4, 0.5) is 4.79 Å². The first-order valence-electron chi connectivity index (χ1n) is 2.43. The molecule has 5 nitrogen and oxygen atoms in total. The molecule has 0 aliphatic heterocycles. The van der Waals surface area contributed by atoms with E-state index in [1.807, 2.05) is 0 Å². The number of rotatable bonds is 0. The summed E-state index contributed by atoms with van der Waals surface area (Å²) in [6, 6.07) is 0. The molecule has 0 aliphatic carbocycles. The summed E-state index contributed by atoms with van der Waals surface area (Å²) >= 11 is 0. The van der Waals surface area contributed by atoms with E-state index in [-0.39, 0.29) is 75.4 Å². The number of esters is 2. The quantitative estimate of drug-likeness (QED) is 0.235. The number of hydrogen-bond donors (Lipinski definition) is 0. The molecule has 0 bridgehead atoms. The summed E-state index contributed by atoms with van der Waals surface area (Å²) in [5.74, 6) is -1.63. The van der Waals surface area contributed by atoms with Gasteiger partial charge in [0.1, 0.15) is 0 Å². The molecule has 64 valence electrons. The van der Waals surface area contributed by atoms with Gasteiger partial charge in [-0.3, -0.25) is 9.59 Å². The van der Waals surface area contributed by atoms with Gasteiger partial charge in [0.15, 0.2) is 0 Å². The van der Waals surface area contributed by atoms with Crippen LogP contribution in [0.15, 0.2) is 0 Å². The van der Waals surface area contributed by atoms with Crippen molar-refractivity contribution >= 4 is 93.5 Å². The standard InChI is InChI=1S/C5H6O5.4Li.4H/c1-3(6)9-5(8)10-4(2)7;;;;;;;;/h1-2H3;;;;;;;;.